The molecule has 118 valence electrons. The van der Waals surface area contributed by atoms with E-state index < -0.39 is 0 Å². The third kappa shape index (κ3) is 3.23. The second kappa shape index (κ2) is 6.62. The van der Waals surface area contributed by atoms with Crippen molar-refractivity contribution in [3.05, 3.63) is 28.3 Å². The minimum Gasteiger partial charge on any atom is -0.357 e. The first-order valence-electron chi connectivity index (χ1n) is 7.72. The van der Waals surface area contributed by atoms with Gasteiger partial charge in [-0.3, -0.25) is 4.79 Å². The smallest absolute Gasteiger partial charge is 0.270 e. The van der Waals surface area contributed by atoms with E-state index in [1.54, 1.807) is 11.3 Å². The van der Waals surface area contributed by atoms with Crippen molar-refractivity contribution in [3.63, 3.8) is 0 Å². The van der Waals surface area contributed by atoms with Crippen molar-refractivity contribution in [2.24, 2.45) is 5.92 Å². The van der Waals surface area contributed by atoms with Crippen LogP contribution in [0.5, 0.6) is 0 Å². The molecule has 1 atom stereocenters. The maximum absolute atomic E-state index is 12.7. The van der Waals surface area contributed by atoms with Gasteiger partial charge in [0.2, 0.25) is 0 Å². The quantitative estimate of drug-likeness (QED) is 0.910. The Morgan fingerprint density at radius 2 is 2.45 bits per heavy atom. The third-order valence-corrected chi connectivity index (χ3v) is 4.90. The molecule has 0 spiro atoms. The van der Waals surface area contributed by atoms with Crippen molar-refractivity contribution in [3.8, 4) is 11.3 Å². The van der Waals surface area contributed by atoms with Gasteiger partial charge in [0.15, 0.2) is 0 Å². The van der Waals surface area contributed by atoms with Crippen LogP contribution in [0.1, 0.15) is 28.3 Å². The van der Waals surface area contributed by atoms with E-state index in [1.807, 2.05) is 36.5 Å². The van der Waals surface area contributed by atoms with E-state index in [1.165, 1.54) is 6.42 Å². The number of carbonyl (C=O) groups is 1. The number of nitrogens with zero attached hydrogens (tertiary/aromatic N) is 2. The number of hydrogen-bond donors (Lipinski definition) is 2. The first-order chi connectivity index (χ1) is 10.7. The number of hydrogen-bond acceptors (Lipinski definition) is 4. The summed E-state index contributed by atoms with van der Waals surface area (Å²) in [5.41, 5.74) is 2.58. The largest absolute Gasteiger partial charge is 0.357 e. The summed E-state index contributed by atoms with van der Waals surface area (Å²) in [6, 6.07) is 1.92. The second-order valence-corrected chi connectivity index (χ2v) is 6.93. The Morgan fingerprint density at radius 1 is 1.59 bits per heavy atom. The SMILES string of the molecule is CNCC1CCCN(C(=O)c2cc(-c3csc(C)n3)c[nH]2)C1. The minimum atomic E-state index is 0.0963. The highest BCUT2D eigenvalue weighted by Gasteiger charge is 2.25. The number of likely N-dealkylation sites (tertiary alicyclic amines) is 1. The average Bonchev–Trinajstić information content (AvgIpc) is 3.16. The summed E-state index contributed by atoms with van der Waals surface area (Å²) in [5, 5.41) is 6.27. The van der Waals surface area contributed by atoms with E-state index >= 15 is 0 Å². The third-order valence-electron chi connectivity index (χ3n) is 4.13. The Balaban J connectivity index is 1.71. The van der Waals surface area contributed by atoms with Gasteiger partial charge in [0.1, 0.15) is 5.69 Å². The highest BCUT2D eigenvalue weighted by molar-refractivity contribution is 7.09. The highest BCUT2D eigenvalue weighted by Crippen LogP contribution is 2.24. The molecule has 1 unspecified atom stereocenters. The Hall–Kier alpha value is -1.66. The molecule has 2 N–H and O–H groups in total. The maximum Gasteiger partial charge on any atom is 0.270 e. The maximum atomic E-state index is 12.7. The van der Waals surface area contributed by atoms with Crippen molar-refractivity contribution >= 4 is 17.2 Å². The minimum absolute atomic E-state index is 0.0963. The summed E-state index contributed by atoms with van der Waals surface area (Å²) < 4.78 is 0. The fraction of sp³-hybridized carbons (Fsp3) is 0.500. The molecule has 2 aromatic rings. The molecule has 1 aliphatic rings. The Bertz CT molecular complexity index is 646. The molecule has 0 radical (unpaired) electrons. The van der Waals surface area contributed by atoms with Crippen molar-refractivity contribution in [2.45, 2.75) is 19.8 Å². The molecule has 0 aliphatic carbocycles. The van der Waals surface area contributed by atoms with Crippen LogP contribution in [0.3, 0.4) is 0 Å². The van der Waals surface area contributed by atoms with Gasteiger partial charge in [-0.2, -0.15) is 0 Å². The molecule has 1 aliphatic heterocycles. The number of piperidine rings is 1. The fourth-order valence-electron chi connectivity index (χ4n) is 3.04. The van der Waals surface area contributed by atoms with Crippen LogP contribution < -0.4 is 5.32 Å². The number of nitrogens with one attached hydrogen (secondary N) is 2. The number of H-pyrrole nitrogens is 1. The van der Waals surface area contributed by atoms with Gasteiger partial charge in [-0.15, -0.1) is 11.3 Å². The molecule has 5 nitrogen and oxygen atoms in total. The predicted octanol–water partition coefficient (Wildman–Crippen LogP) is 2.52. The predicted molar refractivity (Wildman–Crippen MR) is 89.2 cm³/mol. The van der Waals surface area contributed by atoms with E-state index in [0.717, 1.165) is 42.3 Å². The van der Waals surface area contributed by atoms with Crippen LogP contribution in [-0.4, -0.2) is 47.5 Å². The normalized spacial score (nSPS) is 18.6. The number of aromatic nitrogens is 2. The van der Waals surface area contributed by atoms with E-state index in [4.69, 9.17) is 0 Å². The van der Waals surface area contributed by atoms with E-state index in [-0.39, 0.29) is 5.91 Å². The molecule has 3 rings (SSSR count). The summed E-state index contributed by atoms with van der Waals surface area (Å²) in [6.45, 7) is 4.65. The lowest BCUT2D eigenvalue weighted by Gasteiger charge is -2.32. The first kappa shape index (κ1) is 15.2. The van der Waals surface area contributed by atoms with Crippen LogP contribution in [-0.2, 0) is 0 Å². The summed E-state index contributed by atoms with van der Waals surface area (Å²) in [5.74, 6) is 0.650. The lowest BCUT2D eigenvalue weighted by molar-refractivity contribution is 0.0669. The van der Waals surface area contributed by atoms with Crippen LogP contribution in [0.15, 0.2) is 17.6 Å². The van der Waals surface area contributed by atoms with Gasteiger partial charge >= 0.3 is 0 Å². The lowest BCUT2D eigenvalue weighted by Crippen LogP contribution is -2.42. The van der Waals surface area contributed by atoms with Crippen LogP contribution in [0.25, 0.3) is 11.3 Å². The fourth-order valence-corrected chi connectivity index (χ4v) is 3.66. The Morgan fingerprint density at radius 3 is 3.18 bits per heavy atom. The summed E-state index contributed by atoms with van der Waals surface area (Å²) in [7, 11) is 1.97. The van der Waals surface area contributed by atoms with Crippen LogP contribution in [0.4, 0.5) is 0 Å². The molecule has 22 heavy (non-hydrogen) atoms. The van der Waals surface area contributed by atoms with E-state index in [0.29, 0.717) is 11.6 Å². The van der Waals surface area contributed by atoms with Crippen molar-refractivity contribution in [1.29, 1.82) is 0 Å². The molecule has 6 heteroatoms. The Kier molecular flexibility index (Phi) is 4.59. The molecule has 0 aromatic carbocycles. The van der Waals surface area contributed by atoms with Gasteiger partial charge in [-0.1, -0.05) is 0 Å². The van der Waals surface area contributed by atoms with Crippen molar-refractivity contribution in [1.82, 2.24) is 20.2 Å². The number of rotatable bonds is 4. The van der Waals surface area contributed by atoms with Crippen LogP contribution >= 0.6 is 11.3 Å². The van der Waals surface area contributed by atoms with Crippen LogP contribution in [0.2, 0.25) is 0 Å². The molecule has 1 fully saturated rings. The second-order valence-electron chi connectivity index (χ2n) is 5.87. The van der Waals surface area contributed by atoms with Gasteiger partial charge in [-0.25, -0.2) is 4.98 Å². The lowest BCUT2D eigenvalue weighted by atomic mass is 9.98. The van der Waals surface area contributed by atoms with Crippen molar-refractivity contribution < 1.29 is 4.79 Å². The van der Waals surface area contributed by atoms with E-state index in [9.17, 15) is 4.79 Å². The zero-order valence-corrected chi connectivity index (χ0v) is 13.9. The molecule has 2 aromatic heterocycles. The standard InChI is InChI=1S/C16H22N4OS/c1-11-19-15(10-22-11)13-6-14(18-8-13)16(21)20-5-3-4-12(9-20)7-17-2/h6,8,10,12,17-18H,3-5,7,9H2,1-2H3. The van der Waals surface area contributed by atoms with Gasteiger partial charge < -0.3 is 15.2 Å². The molecular weight excluding hydrogens is 296 g/mol. The Labute approximate surface area is 134 Å². The monoisotopic (exact) mass is 318 g/mol. The van der Waals surface area contributed by atoms with E-state index in [2.05, 4.69) is 15.3 Å². The average molecular weight is 318 g/mol. The molecule has 0 bridgehead atoms. The molecule has 1 saturated heterocycles. The summed E-state index contributed by atoms with van der Waals surface area (Å²) in [4.78, 5) is 22.2. The van der Waals surface area contributed by atoms with Gasteiger partial charge in [-0.05, 0) is 45.3 Å². The number of aromatic amines is 1. The summed E-state index contributed by atoms with van der Waals surface area (Å²) in [6.07, 6.45) is 4.15. The van der Waals surface area contributed by atoms with Gasteiger partial charge in [0.25, 0.3) is 5.91 Å². The molecule has 0 saturated carbocycles. The number of carbonyl (C=O) groups excluding carboxylic acids is 1. The highest BCUT2D eigenvalue weighted by atomic mass is 32.1. The number of thiazole rings is 1. The van der Waals surface area contributed by atoms with Gasteiger partial charge in [0.05, 0.1) is 10.7 Å². The number of amides is 1. The molecular formula is C16H22N4OS. The first-order valence-corrected chi connectivity index (χ1v) is 8.60. The summed E-state index contributed by atoms with van der Waals surface area (Å²) >= 11 is 1.62. The van der Waals surface area contributed by atoms with Gasteiger partial charge in [0, 0.05) is 30.2 Å². The van der Waals surface area contributed by atoms with Crippen LogP contribution in [0, 0.1) is 12.8 Å². The molecule has 3 heterocycles. The zero-order valence-electron chi connectivity index (χ0n) is 13.1. The zero-order chi connectivity index (χ0) is 15.5. The van der Waals surface area contributed by atoms with Crippen molar-refractivity contribution in [2.75, 3.05) is 26.7 Å². The topological polar surface area (TPSA) is 61.0 Å². The molecule has 1 amide bonds. The number of aryl methyl sites for hydroxylation is 1.